The van der Waals surface area contributed by atoms with Crippen LogP contribution >= 0.6 is 0 Å². The molecule has 0 radical (unpaired) electrons. The molecule has 3 aromatic rings. The number of rotatable bonds is 7. The number of nitriles is 1. The molecular formula is C23H18F3N3O4. The summed E-state index contributed by atoms with van der Waals surface area (Å²) in [5, 5.41) is 29.6. The number of aliphatic hydroxyl groups is 2. The predicted octanol–water partition coefficient (Wildman–Crippen LogP) is 3.51. The summed E-state index contributed by atoms with van der Waals surface area (Å²) in [6.07, 6.45) is -5.71. The van der Waals surface area contributed by atoms with E-state index in [9.17, 15) is 23.1 Å². The van der Waals surface area contributed by atoms with Gasteiger partial charge >= 0.3 is 6.18 Å². The van der Waals surface area contributed by atoms with Crippen molar-refractivity contribution in [3.8, 4) is 28.8 Å². The van der Waals surface area contributed by atoms with Crippen molar-refractivity contribution in [2.45, 2.75) is 12.3 Å². The molecule has 0 aliphatic carbocycles. The lowest BCUT2D eigenvalue weighted by molar-refractivity contribution is -0.137. The molecule has 0 bridgehead atoms. The number of nitrogens with one attached hydrogen (secondary N) is 1. The van der Waals surface area contributed by atoms with Gasteiger partial charge in [0.1, 0.15) is 17.2 Å². The standard InChI is InChI=1S/C23H18F3N3O4/c24-23(25,26)19-9-8-18(10-15(19)11-27)33-17-6-4-14(5-7-17)20-2-1-3-21(29-20)22(32)28-12-16(31)13-30/h1-10,16,30-31H,12-13H2,(H,28,32)/t16-/m0/s1. The first-order chi connectivity index (χ1) is 15.7. The molecule has 0 spiro atoms. The molecule has 0 aliphatic rings. The Labute approximate surface area is 186 Å². The smallest absolute Gasteiger partial charge is 0.417 e. The van der Waals surface area contributed by atoms with Gasteiger partial charge in [-0.2, -0.15) is 18.4 Å². The number of nitrogens with zero attached hydrogens (tertiary/aromatic N) is 2. The highest BCUT2D eigenvalue weighted by Gasteiger charge is 2.33. The summed E-state index contributed by atoms with van der Waals surface area (Å²) in [5.41, 5.74) is -0.321. The summed E-state index contributed by atoms with van der Waals surface area (Å²) < 4.78 is 44.3. The first-order valence-electron chi connectivity index (χ1n) is 9.65. The Morgan fingerprint density at radius 1 is 1.12 bits per heavy atom. The van der Waals surface area contributed by atoms with Gasteiger partial charge in [-0.3, -0.25) is 4.79 Å². The van der Waals surface area contributed by atoms with Crippen molar-refractivity contribution in [3.05, 3.63) is 77.5 Å². The van der Waals surface area contributed by atoms with Gasteiger partial charge in [0.2, 0.25) is 0 Å². The SMILES string of the molecule is N#Cc1cc(Oc2ccc(-c3cccc(C(=O)NC[C@H](O)CO)n3)cc2)ccc1C(F)(F)F. The molecule has 1 aromatic heterocycles. The monoisotopic (exact) mass is 457 g/mol. The number of carbonyl (C=O) groups excluding carboxylic acids is 1. The topological polar surface area (TPSA) is 115 Å². The van der Waals surface area contributed by atoms with E-state index in [0.29, 0.717) is 17.0 Å². The second-order valence-corrected chi connectivity index (χ2v) is 6.90. The van der Waals surface area contributed by atoms with E-state index < -0.39 is 35.9 Å². The lowest BCUT2D eigenvalue weighted by atomic mass is 10.1. The van der Waals surface area contributed by atoms with Gasteiger partial charge in [-0.15, -0.1) is 0 Å². The van der Waals surface area contributed by atoms with E-state index in [1.807, 2.05) is 0 Å². The van der Waals surface area contributed by atoms with Crippen molar-refractivity contribution < 1.29 is 32.9 Å². The lowest BCUT2D eigenvalue weighted by Gasteiger charge is -2.11. The van der Waals surface area contributed by atoms with Crippen molar-refractivity contribution >= 4 is 5.91 Å². The highest BCUT2D eigenvalue weighted by Crippen LogP contribution is 2.34. The van der Waals surface area contributed by atoms with Crippen LogP contribution in [0.1, 0.15) is 21.6 Å². The van der Waals surface area contributed by atoms with Crippen LogP contribution in [0, 0.1) is 11.3 Å². The van der Waals surface area contributed by atoms with Gasteiger partial charge in [-0.05, 0) is 54.6 Å². The Balaban J connectivity index is 1.73. The van der Waals surface area contributed by atoms with Gasteiger partial charge in [0, 0.05) is 12.1 Å². The van der Waals surface area contributed by atoms with Crippen LogP contribution < -0.4 is 10.1 Å². The third kappa shape index (κ3) is 6.06. The third-order valence-electron chi connectivity index (χ3n) is 4.49. The minimum atomic E-state index is -4.64. The number of carbonyl (C=O) groups is 1. The average molecular weight is 457 g/mol. The number of aromatic nitrogens is 1. The van der Waals surface area contributed by atoms with Gasteiger partial charge in [-0.1, -0.05) is 6.07 Å². The highest BCUT2D eigenvalue weighted by molar-refractivity contribution is 5.92. The molecule has 3 N–H and O–H groups in total. The zero-order valence-electron chi connectivity index (χ0n) is 17.0. The predicted molar refractivity (Wildman–Crippen MR) is 111 cm³/mol. The number of benzene rings is 2. The Morgan fingerprint density at radius 2 is 1.82 bits per heavy atom. The van der Waals surface area contributed by atoms with E-state index in [1.165, 1.54) is 12.1 Å². The maximum atomic E-state index is 12.9. The van der Waals surface area contributed by atoms with Crippen LogP contribution in [-0.2, 0) is 6.18 Å². The van der Waals surface area contributed by atoms with E-state index in [1.54, 1.807) is 36.4 Å². The second-order valence-electron chi connectivity index (χ2n) is 6.90. The Kier molecular flexibility index (Phi) is 7.27. The number of pyridine rings is 1. The summed E-state index contributed by atoms with van der Waals surface area (Å²) in [4.78, 5) is 16.4. The molecule has 0 saturated heterocycles. The zero-order valence-corrected chi connectivity index (χ0v) is 17.0. The summed E-state index contributed by atoms with van der Waals surface area (Å²) in [5.74, 6) is -0.108. The van der Waals surface area contributed by atoms with Crippen LogP contribution in [0.15, 0.2) is 60.7 Å². The van der Waals surface area contributed by atoms with Crippen molar-refractivity contribution in [2.24, 2.45) is 0 Å². The van der Waals surface area contributed by atoms with Crippen LogP contribution in [0.2, 0.25) is 0 Å². The molecule has 0 unspecified atom stereocenters. The number of hydrogen-bond acceptors (Lipinski definition) is 6. The Bertz CT molecular complexity index is 1170. The molecule has 0 aliphatic heterocycles. The molecule has 3 rings (SSSR count). The highest BCUT2D eigenvalue weighted by atomic mass is 19.4. The number of aliphatic hydroxyl groups excluding tert-OH is 2. The van der Waals surface area contributed by atoms with E-state index >= 15 is 0 Å². The third-order valence-corrected chi connectivity index (χ3v) is 4.49. The first-order valence-corrected chi connectivity index (χ1v) is 9.65. The van der Waals surface area contributed by atoms with Gasteiger partial charge in [0.05, 0.1) is 35.6 Å². The molecule has 7 nitrogen and oxygen atoms in total. The minimum absolute atomic E-state index is 0.0779. The lowest BCUT2D eigenvalue weighted by Crippen LogP contribution is -2.34. The van der Waals surface area contributed by atoms with Gasteiger partial charge in [0.25, 0.3) is 5.91 Å². The Morgan fingerprint density at radius 3 is 2.45 bits per heavy atom. The van der Waals surface area contributed by atoms with Crippen molar-refractivity contribution in [3.63, 3.8) is 0 Å². The average Bonchev–Trinajstić information content (AvgIpc) is 2.82. The van der Waals surface area contributed by atoms with E-state index in [2.05, 4.69) is 10.3 Å². The van der Waals surface area contributed by atoms with Crippen LogP contribution in [-0.4, -0.2) is 40.4 Å². The number of hydrogen-bond donors (Lipinski definition) is 3. The summed E-state index contributed by atoms with van der Waals surface area (Å²) >= 11 is 0. The van der Waals surface area contributed by atoms with Crippen molar-refractivity contribution in [1.82, 2.24) is 10.3 Å². The van der Waals surface area contributed by atoms with Crippen LogP contribution in [0.25, 0.3) is 11.3 Å². The number of ether oxygens (including phenoxy) is 1. The number of amides is 1. The Hall–Kier alpha value is -3.94. The molecule has 170 valence electrons. The fourth-order valence-electron chi connectivity index (χ4n) is 2.84. The van der Waals surface area contributed by atoms with E-state index in [4.69, 9.17) is 15.1 Å². The quantitative estimate of drug-likeness (QED) is 0.500. The second kappa shape index (κ2) is 10.1. The maximum Gasteiger partial charge on any atom is 0.417 e. The summed E-state index contributed by atoms with van der Waals surface area (Å²) in [7, 11) is 0. The van der Waals surface area contributed by atoms with Gasteiger partial charge in [-0.25, -0.2) is 4.98 Å². The molecule has 0 fully saturated rings. The van der Waals surface area contributed by atoms with E-state index in [-0.39, 0.29) is 18.0 Å². The van der Waals surface area contributed by atoms with Gasteiger partial charge in [0.15, 0.2) is 0 Å². The first kappa shape index (κ1) is 23.7. The van der Waals surface area contributed by atoms with Crippen LogP contribution in [0.4, 0.5) is 13.2 Å². The maximum absolute atomic E-state index is 12.9. The van der Waals surface area contributed by atoms with E-state index in [0.717, 1.165) is 18.2 Å². The minimum Gasteiger partial charge on any atom is -0.457 e. The molecule has 0 saturated carbocycles. The summed E-state index contributed by atoms with van der Waals surface area (Å²) in [6.45, 7) is -0.600. The summed E-state index contributed by atoms with van der Waals surface area (Å²) in [6, 6.07) is 15.8. The fourth-order valence-corrected chi connectivity index (χ4v) is 2.84. The molecule has 1 atom stereocenters. The van der Waals surface area contributed by atoms with Crippen LogP contribution in [0.3, 0.4) is 0 Å². The van der Waals surface area contributed by atoms with Gasteiger partial charge < -0.3 is 20.3 Å². The molecule has 2 aromatic carbocycles. The van der Waals surface area contributed by atoms with Crippen molar-refractivity contribution in [1.29, 1.82) is 5.26 Å². The zero-order chi connectivity index (χ0) is 24.0. The molecule has 10 heteroatoms. The number of halogens is 3. The molecular weight excluding hydrogens is 439 g/mol. The normalized spacial score (nSPS) is 12.0. The number of alkyl halides is 3. The molecule has 33 heavy (non-hydrogen) atoms. The van der Waals surface area contributed by atoms with Crippen LogP contribution in [0.5, 0.6) is 11.5 Å². The largest absolute Gasteiger partial charge is 0.457 e. The molecule has 1 amide bonds. The fraction of sp³-hybridized carbons (Fsp3) is 0.174. The molecule has 1 heterocycles. The van der Waals surface area contributed by atoms with Crippen molar-refractivity contribution in [2.75, 3.05) is 13.2 Å².